The summed E-state index contributed by atoms with van der Waals surface area (Å²) in [6, 6.07) is 13.3. The van der Waals surface area contributed by atoms with Crippen LogP contribution >= 0.6 is 11.6 Å². The van der Waals surface area contributed by atoms with Crippen LogP contribution in [0.15, 0.2) is 42.5 Å². The lowest BCUT2D eigenvalue weighted by molar-refractivity contribution is 0.407. The van der Waals surface area contributed by atoms with Gasteiger partial charge in [0.15, 0.2) is 0 Å². The molecule has 0 heterocycles. The van der Waals surface area contributed by atoms with Gasteiger partial charge in [0.25, 0.3) is 0 Å². The summed E-state index contributed by atoms with van der Waals surface area (Å²) in [5, 5.41) is 0.674. The minimum atomic E-state index is -0.283. The zero-order valence-corrected chi connectivity index (χ0v) is 11.2. The van der Waals surface area contributed by atoms with E-state index in [2.05, 4.69) is 0 Å². The van der Waals surface area contributed by atoms with Crippen LogP contribution < -0.4 is 10.5 Å². The van der Waals surface area contributed by atoms with Gasteiger partial charge in [-0.2, -0.15) is 0 Å². The number of halogens is 1. The van der Waals surface area contributed by atoms with Crippen LogP contribution in [-0.4, -0.2) is 7.11 Å². The van der Waals surface area contributed by atoms with E-state index in [9.17, 15) is 0 Å². The van der Waals surface area contributed by atoms with Gasteiger partial charge in [-0.3, -0.25) is 0 Å². The molecule has 1 atom stereocenters. The van der Waals surface area contributed by atoms with Crippen LogP contribution in [-0.2, 0) is 0 Å². The van der Waals surface area contributed by atoms with E-state index in [1.807, 2.05) is 49.4 Å². The van der Waals surface area contributed by atoms with Crippen molar-refractivity contribution in [2.45, 2.75) is 13.0 Å². The number of nitrogens with two attached hydrogens (primary N) is 1. The first-order valence-corrected chi connectivity index (χ1v) is 6.16. The Labute approximate surface area is 112 Å². The SMILES string of the molecule is COc1cc(C)ccc1C(N)c1ccccc1Cl. The van der Waals surface area contributed by atoms with Crippen molar-refractivity contribution in [3.8, 4) is 5.75 Å². The minimum absolute atomic E-state index is 0.283. The molecule has 18 heavy (non-hydrogen) atoms. The first-order valence-electron chi connectivity index (χ1n) is 5.78. The van der Waals surface area contributed by atoms with E-state index in [-0.39, 0.29) is 6.04 Å². The summed E-state index contributed by atoms with van der Waals surface area (Å²) in [6.07, 6.45) is 0. The van der Waals surface area contributed by atoms with Crippen molar-refractivity contribution in [3.63, 3.8) is 0 Å². The summed E-state index contributed by atoms with van der Waals surface area (Å²) < 4.78 is 5.39. The zero-order chi connectivity index (χ0) is 13.1. The van der Waals surface area contributed by atoms with Crippen LogP contribution in [0, 0.1) is 6.92 Å². The number of hydrogen-bond donors (Lipinski definition) is 1. The second kappa shape index (κ2) is 5.42. The molecule has 2 nitrogen and oxygen atoms in total. The van der Waals surface area contributed by atoms with Crippen molar-refractivity contribution >= 4 is 11.6 Å². The molecule has 0 aliphatic rings. The molecule has 2 aromatic rings. The molecule has 2 rings (SSSR count). The van der Waals surface area contributed by atoms with Gasteiger partial charge in [0.1, 0.15) is 5.75 Å². The van der Waals surface area contributed by atoms with Crippen LogP contribution in [0.2, 0.25) is 5.02 Å². The fourth-order valence-electron chi connectivity index (χ4n) is 1.97. The molecule has 0 amide bonds. The summed E-state index contributed by atoms with van der Waals surface area (Å²) in [5.41, 5.74) is 9.26. The average molecular weight is 262 g/mol. The van der Waals surface area contributed by atoms with E-state index in [1.165, 1.54) is 0 Å². The molecule has 0 aliphatic carbocycles. The first-order chi connectivity index (χ1) is 8.63. The van der Waals surface area contributed by atoms with Gasteiger partial charge in [-0.05, 0) is 30.2 Å². The van der Waals surface area contributed by atoms with Crippen LogP contribution in [0.5, 0.6) is 5.75 Å². The minimum Gasteiger partial charge on any atom is -0.496 e. The molecule has 2 aromatic carbocycles. The molecule has 0 aliphatic heterocycles. The molecule has 1 unspecified atom stereocenters. The van der Waals surface area contributed by atoms with Crippen molar-refractivity contribution in [1.29, 1.82) is 0 Å². The Morgan fingerprint density at radius 1 is 1.11 bits per heavy atom. The third-order valence-electron chi connectivity index (χ3n) is 2.96. The highest BCUT2D eigenvalue weighted by Crippen LogP contribution is 2.32. The average Bonchev–Trinajstić information content (AvgIpc) is 2.38. The second-order valence-corrected chi connectivity index (χ2v) is 4.65. The molecule has 0 spiro atoms. The normalized spacial score (nSPS) is 12.2. The highest BCUT2D eigenvalue weighted by molar-refractivity contribution is 6.31. The molecule has 0 saturated carbocycles. The maximum atomic E-state index is 6.28. The molecule has 94 valence electrons. The second-order valence-electron chi connectivity index (χ2n) is 4.24. The van der Waals surface area contributed by atoms with Gasteiger partial charge in [0.2, 0.25) is 0 Å². The lowest BCUT2D eigenvalue weighted by Crippen LogP contribution is -2.13. The highest BCUT2D eigenvalue weighted by atomic mass is 35.5. The van der Waals surface area contributed by atoms with Gasteiger partial charge < -0.3 is 10.5 Å². The summed E-state index contributed by atoms with van der Waals surface area (Å²) >= 11 is 6.17. The Morgan fingerprint density at radius 2 is 1.83 bits per heavy atom. The van der Waals surface area contributed by atoms with E-state index < -0.39 is 0 Å². The van der Waals surface area contributed by atoms with E-state index >= 15 is 0 Å². The summed E-state index contributed by atoms with van der Waals surface area (Å²) in [6.45, 7) is 2.02. The fourth-order valence-corrected chi connectivity index (χ4v) is 2.22. The number of methoxy groups -OCH3 is 1. The lowest BCUT2D eigenvalue weighted by atomic mass is 9.97. The molecule has 0 fully saturated rings. The fraction of sp³-hybridized carbons (Fsp3) is 0.200. The Kier molecular flexibility index (Phi) is 3.90. The Bertz CT molecular complexity index is 554. The molecule has 3 heteroatoms. The van der Waals surface area contributed by atoms with E-state index in [0.29, 0.717) is 5.02 Å². The topological polar surface area (TPSA) is 35.2 Å². The van der Waals surface area contributed by atoms with E-state index in [1.54, 1.807) is 7.11 Å². The Hall–Kier alpha value is -1.51. The van der Waals surface area contributed by atoms with Crippen molar-refractivity contribution in [2.75, 3.05) is 7.11 Å². The highest BCUT2D eigenvalue weighted by Gasteiger charge is 2.16. The van der Waals surface area contributed by atoms with E-state index in [0.717, 1.165) is 22.4 Å². The van der Waals surface area contributed by atoms with Gasteiger partial charge >= 0.3 is 0 Å². The van der Waals surface area contributed by atoms with Crippen LogP contribution in [0.25, 0.3) is 0 Å². The van der Waals surface area contributed by atoms with Crippen LogP contribution in [0.4, 0.5) is 0 Å². The maximum absolute atomic E-state index is 6.28. The molecule has 0 aromatic heterocycles. The van der Waals surface area contributed by atoms with Crippen molar-refractivity contribution in [1.82, 2.24) is 0 Å². The molecule has 0 radical (unpaired) electrons. The predicted octanol–water partition coefficient (Wildman–Crippen LogP) is 3.71. The smallest absolute Gasteiger partial charge is 0.124 e. The monoisotopic (exact) mass is 261 g/mol. The van der Waals surface area contributed by atoms with Crippen molar-refractivity contribution < 1.29 is 4.74 Å². The predicted molar refractivity (Wildman–Crippen MR) is 75.2 cm³/mol. The summed E-state index contributed by atoms with van der Waals surface area (Å²) in [5.74, 6) is 0.794. The molecule has 2 N–H and O–H groups in total. The maximum Gasteiger partial charge on any atom is 0.124 e. The van der Waals surface area contributed by atoms with Crippen LogP contribution in [0.3, 0.4) is 0 Å². The summed E-state index contributed by atoms with van der Waals surface area (Å²) in [7, 11) is 1.65. The third kappa shape index (κ3) is 2.50. The largest absolute Gasteiger partial charge is 0.496 e. The van der Waals surface area contributed by atoms with E-state index in [4.69, 9.17) is 22.1 Å². The summed E-state index contributed by atoms with van der Waals surface area (Å²) in [4.78, 5) is 0. The van der Waals surface area contributed by atoms with Gasteiger partial charge in [0, 0.05) is 10.6 Å². The Balaban J connectivity index is 2.46. The first kappa shape index (κ1) is 12.9. The molecule has 0 bridgehead atoms. The lowest BCUT2D eigenvalue weighted by Gasteiger charge is -2.17. The van der Waals surface area contributed by atoms with Gasteiger partial charge in [0.05, 0.1) is 13.2 Å². The van der Waals surface area contributed by atoms with Gasteiger partial charge in [-0.15, -0.1) is 0 Å². The standard InChI is InChI=1S/C15H16ClNO/c1-10-7-8-12(14(9-10)18-2)15(17)11-5-3-4-6-13(11)16/h3-9,15H,17H2,1-2H3. The molecule has 0 saturated heterocycles. The molecular formula is C15H16ClNO. The van der Waals surface area contributed by atoms with Crippen molar-refractivity contribution in [3.05, 3.63) is 64.2 Å². The third-order valence-corrected chi connectivity index (χ3v) is 3.31. The number of rotatable bonds is 3. The number of ether oxygens (including phenoxy) is 1. The number of hydrogen-bond acceptors (Lipinski definition) is 2. The Morgan fingerprint density at radius 3 is 2.50 bits per heavy atom. The van der Waals surface area contributed by atoms with Crippen molar-refractivity contribution in [2.24, 2.45) is 5.73 Å². The zero-order valence-electron chi connectivity index (χ0n) is 10.5. The van der Waals surface area contributed by atoms with Gasteiger partial charge in [-0.25, -0.2) is 0 Å². The number of benzene rings is 2. The van der Waals surface area contributed by atoms with Crippen LogP contribution in [0.1, 0.15) is 22.7 Å². The quantitative estimate of drug-likeness (QED) is 0.914. The number of aryl methyl sites for hydroxylation is 1. The molecular weight excluding hydrogens is 246 g/mol. The van der Waals surface area contributed by atoms with Gasteiger partial charge in [-0.1, -0.05) is 41.9 Å².